The van der Waals surface area contributed by atoms with Gasteiger partial charge in [-0.1, -0.05) is 24.4 Å². The summed E-state index contributed by atoms with van der Waals surface area (Å²) in [6.07, 6.45) is 0.680. The van der Waals surface area contributed by atoms with Crippen LogP contribution in [0.25, 0.3) is 11.0 Å². The third kappa shape index (κ3) is 2.73. The third-order valence-corrected chi connectivity index (χ3v) is 2.98. The molecule has 0 aliphatic carbocycles. The fraction of sp³-hybridized carbons (Fsp3) is 0.308. The lowest BCUT2D eigenvalue weighted by Crippen LogP contribution is -2.25. The lowest BCUT2D eigenvalue weighted by molar-refractivity contribution is 0.888. The molecule has 0 radical (unpaired) electrons. The van der Waals surface area contributed by atoms with Gasteiger partial charge >= 0.3 is 0 Å². The summed E-state index contributed by atoms with van der Waals surface area (Å²) in [5.74, 6) is 0.880. The van der Waals surface area contributed by atoms with E-state index >= 15 is 0 Å². The number of para-hydroxylation sites is 2. The zero-order chi connectivity index (χ0) is 13.1. The van der Waals surface area contributed by atoms with Crippen molar-refractivity contribution in [1.29, 1.82) is 0 Å². The number of benzene rings is 1. The van der Waals surface area contributed by atoms with Crippen LogP contribution in [0.15, 0.2) is 24.3 Å². The van der Waals surface area contributed by atoms with Gasteiger partial charge < -0.3 is 10.6 Å². The molecule has 0 aliphatic heterocycles. The summed E-state index contributed by atoms with van der Waals surface area (Å²) in [5, 5.41) is 0. The Morgan fingerprint density at radius 1 is 1.28 bits per heavy atom. The van der Waals surface area contributed by atoms with Crippen molar-refractivity contribution in [3.8, 4) is 0 Å². The minimum Gasteiger partial charge on any atom is -0.393 e. The summed E-state index contributed by atoms with van der Waals surface area (Å²) in [6, 6.07) is 7.86. The Balaban J connectivity index is 2.32. The molecule has 0 atom stereocenters. The van der Waals surface area contributed by atoms with Gasteiger partial charge in [0.05, 0.1) is 21.7 Å². The minimum atomic E-state index is 0.522. The van der Waals surface area contributed by atoms with Crippen LogP contribution in [0, 0.1) is 6.92 Å². The van der Waals surface area contributed by atoms with Crippen LogP contribution < -0.4 is 10.6 Å². The second-order valence-corrected chi connectivity index (χ2v) is 4.78. The second kappa shape index (κ2) is 5.27. The Hall–Kier alpha value is -1.75. The van der Waals surface area contributed by atoms with Gasteiger partial charge in [0.1, 0.15) is 0 Å². The molecule has 4 nitrogen and oxygen atoms in total. The molecule has 2 N–H and O–H groups in total. The molecule has 0 spiro atoms. The maximum atomic E-state index is 5.52. The number of aromatic nitrogens is 2. The van der Waals surface area contributed by atoms with Crippen LogP contribution >= 0.6 is 12.2 Å². The van der Waals surface area contributed by atoms with Gasteiger partial charge in [0, 0.05) is 20.0 Å². The van der Waals surface area contributed by atoms with E-state index in [-0.39, 0.29) is 0 Å². The van der Waals surface area contributed by atoms with Crippen molar-refractivity contribution in [2.45, 2.75) is 13.3 Å². The van der Waals surface area contributed by atoms with Crippen molar-refractivity contribution < 1.29 is 0 Å². The van der Waals surface area contributed by atoms with Gasteiger partial charge in [0.25, 0.3) is 0 Å². The smallest absolute Gasteiger partial charge is 0.150 e. The normalized spacial score (nSPS) is 10.6. The minimum absolute atomic E-state index is 0.522. The average Bonchev–Trinajstić information content (AvgIpc) is 2.35. The van der Waals surface area contributed by atoms with E-state index in [2.05, 4.69) is 9.97 Å². The molecule has 5 heteroatoms. The monoisotopic (exact) mass is 260 g/mol. The predicted molar refractivity (Wildman–Crippen MR) is 78.9 cm³/mol. The highest BCUT2D eigenvalue weighted by Crippen LogP contribution is 2.18. The number of rotatable bonds is 4. The van der Waals surface area contributed by atoms with Crippen LogP contribution in [0.5, 0.6) is 0 Å². The van der Waals surface area contributed by atoms with E-state index in [4.69, 9.17) is 18.0 Å². The number of nitrogens with zero attached hydrogens (tertiary/aromatic N) is 3. The van der Waals surface area contributed by atoms with Crippen molar-refractivity contribution in [3.63, 3.8) is 0 Å². The van der Waals surface area contributed by atoms with Gasteiger partial charge in [-0.3, -0.25) is 0 Å². The van der Waals surface area contributed by atoms with Gasteiger partial charge in [-0.25, -0.2) is 9.97 Å². The molecule has 1 heterocycles. The fourth-order valence-corrected chi connectivity index (χ4v) is 1.92. The molecule has 2 rings (SSSR count). The van der Waals surface area contributed by atoms with Crippen LogP contribution in [0.2, 0.25) is 0 Å². The summed E-state index contributed by atoms with van der Waals surface area (Å²) in [7, 11) is 1.98. The zero-order valence-electron chi connectivity index (χ0n) is 10.6. The highest BCUT2D eigenvalue weighted by molar-refractivity contribution is 7.80. The van der Waals surface area contributed by atoms with Gasteiger partial charge in [-0.2, -0.15) is 0 Å². The maximum Gasteiger partial charge on any atom is 0.150 e. The number of fused-ring (bicyclic) bond motifs is 1. The van der Waals surface area contributed by atoms with Crippen LogP contribution in [0.1, 0.15) is 12.1 Å². The highest BCUT2D eigenvalue weighted by atomic mass is 32.1. The average molecular weight is 260 g/mol. The van der Waals surface area contributed by atoms with Gasteiger partial charge in [0.2, 0.25) is 0 Å². The molecule has 1 aromatic carbocycles. The standard InChI is InChI=1S/C13H16N4S/c1-9-13(17(2)8-7-12(14)18)16-11-6-4-3-5-10(11)15-9/h3-6H,7-8H2,1-2H3,(H2,14,18). The molecule has 0 fully saturated rings. The van der Waals surface area contributed by atoms with Crippen LogP contribution in [0.4, 0.5) is 5.82 Å². The highest BCUT2D eigenvalue weighted by Gasteiger charge is 2.09. The summed E-state index contributed by atoms with van der Waals surface area (Å²) >= 11 is 4.89. The lowest BCUT2D eigenvalue weighted by Gasteiger charge is -2.19. The van der Waals surface area contributed by atoms with E-state index in [9.17, 15) is 0 Å². The lowest BCUT2D eigenvalue weighted by atomic mass is 10.3. The first-order chi connectivity index (χ1) is 8.58. The predicted octanol–water partition coefficient (Wildman–Crippen LogP) is 2.05. The van der Waals surface area contributed by atoms with Gasteiger partial charge in [-0.05, 0) is 19.1 Å². The van der Waals surface area contributed by atoms with Crippen molar-refractivity contribution in [1.82, 2.24) is 9.97 Å². The van der Waals surface area contributed by atoms with E-state index < -0.39 is 0 Å². The molecule has 0 saturated heterocycles. The zero-order valence-corrected chi connectivity index (χ0v) is 11.4. The van der Waals surface area contributed by atoms with Crippen LogP contribution in [-0.2, 0) is 0 Å². The number of thiocarbonyl (C=S) groups is 1. The molecular weight excluding hydrogens is 244 g/mol. The Kier molecular flexibility index (Phi) is 3.72. The first-order valence-corrected chi connectivity index (χ1v) is 6.21. The van der Waals surface area contributed by atoms with Crippen molar-refractivity contribution in [3.05, 3.63) is 30.0 Å². The molecule has 0 bridgehead atoms. The molecule has 2 aromatic rings. The number of aryl methyl sites for hydroxylation is 1. The molecule has 1 aromatic heterocycles. The summed E-state index contributed by atoms with van der Waals surface area (Å²) < 4.78 is 0. The molecule has 18 heavy (non-hydrogen) atoms. The van der Waals surface area contributed by atoms with Crippen molar-refractivity contribution in [2.24, 2.45) is 5.73 Å². The molecule has 0 aliphatic rings. The van der Waals surface area contributed by atoms with E-state index in [1.54, 1.807) is 0 Å². The van der Waals surface area contributed by atoms with Crippen molar-refractivity contribution >= 4 is 34.1 Å². The Morgan fingerprint density at radius 3 is 2.50 bits per heavy atom. The molecule has 0 unspecified atom stereocenters. The molecule has 94 valence electrons. The summed E-state index contributed by atoms with van der Waals surface area (Å²) in [4.78, 5) is 11.7. The molecule has 0 saturated carbocycles. The quantitative estimate of drug-likeness (QED) is 0.853. The van der Waals surface area contributed by atoms with Gasteiger partial charge in [-0.15, -0.1) is 0 Å². The van der Waals surface area contributed by atoms with Crippen molar-refractivity contribution in [2.75, 3.05) is 18.5 Å². The first kappa shape index (κ1) is 12.7. The second-order valence-electron chi connectivity index (χ2n) is 4.26. The fourth-order valence-electron chi connectivity index (χ4n) is 1.82. The Bertz CT molecular complexity index is 582. The third-order valence-electron chi connectivity index (χ3n) is 2.78. The van der Waals surface area contributed by atoms with E-state index in [1.807, 2.05) is 43.1 Å². The van der Waals surface area contributed by atoms with Gasteiger partial charge in [0.15, 0.2) is 5.82 Å². The van der Waals surface area contributed by atoms with E-state index in [1.165, 1.54) is 0 Å². The summed E-state index contributed by atoms with van der Waals surface area (Å²) in [5.41, 5.74) is 8.25. The number of anilines is 1. The molecule has 0 amide bonds. The summed E-state index contributed by atoms with van der Waals surface area (Å²) in [6.45, 7) is 2.72. The number of hydrogen-bond acceptors (Lipinski definition) is 4. The Morgan fingerprint density at radius 2 is 1.89 bits per heavy atom. The molecular formula is C13H16N4S. The number of hydrogen-bond donors (Lipinski definition) is 1. The Labute approximate surface area is 112 Å². The topological polar surface area (TPSA) is 55.0 Å². The number of nitrogens with two attached hydrogens (primary N) is 1. The maximum absolute atomic E-state index is 5.52. The van der Waals surface area contributed by atoms with Crippen LogP contribution in [-0.4, -0.2) is 28.5 Å². The van der Waals surface area contributed by atoms with Crippen LogP contribution in [0.3, 0.4) is 0 Å². The largest absolute Gasteiger partial charge is 0.393 e. The first-order valence-electron chi connectivity index (χ1n) is 5.81. The van der Waals surface area contributed by atoms with E-state index in [0.29, 0.717) is 11.4 Å². The SMILES string of the molecule is Cc1nc2ccccc2nc1N(C)CCC(N)=S. The van der Waals surface area contributed by atoms with E-state index in [0.717, 1.165) is 29.1 Å².